The van der Waals surface area contributed by atoms with Crippen molar-refractivity contribution in [3.63, 3.8) is 0 Å². The third-order valence-corrected chi connectivity index (χ3v) is 2.38. The van der Waals surface area contributed by atoms with Crippen LogP contribution in [0.4, 0.5) is 5.82 Å². The number of thiol groups is 1. The van der Waals surface area contributed by atoms with Crippen LogP contribution >= 0.6 is 12.6 Å². The normalized spacial score (nSPS) is 11.5. The molecule has 0 aliphatic heterocycles. The van der Waals surface area contributed by atoms with Crippen LogP contribution in [-0.2, 0) is 0 Å². The highest BCUT2D eigenvalue weighted by Gasteiger charge is 2.05. The first-order valence-electron chi connectivity index (χ1n) is 4.68. The Morgan fingerprint density at radius 3 is 3.13 bits per heavy atom. The lowest BCUT2D eigenvalue weighted by atomic mass is 10.2. The van der Waals surface area contributed by atoms with Gasteiger partial charge in [0.15, 0.2) is 0 Å². The SMILES string of the molecule is Nc1ncnc2[nH]cc(C=CCCS)c12. The van der Waals surface area contributed by atoms with Gasteiger partial charge in [-0.25, -0.2) is 9.97 Å². The zero-order valence-electron chi connectivity index (χ0n) is 8.14. The molecule has 2 aromatic heterocycles. The number of allylic oxidation sites excluding steroid dienone is 1. The zero-order chi connectivity index (χ0) is 10.7. The summed E-state index contributed by atoms with van der Waals surface area (Å²) >= 11 is 4.14. The molecule has 0 atom stereocenters. The Balaban J connectivity index is 2.44. The lowest BCUT2D eigenvalue weighted by molar-refractivity contribution is 1.21. The number of H-pyrrole nitrogens is 1. The van der Waals surface area contributed by atoms with Crippen molar-refractivity contribution in [2.24, 2.45) is 0 Å². The summed E-state index contributed by atoms with van der Waals surface area (Å²) in [6.45, 7) is 0. The summed E-state index contributed by atoms with van der Waals surface area (Å²) in [5, 5.41) is 0.882. The lowest BCUT2D eigenvalue weighted by Gasteiger charge is -1.95. The number of nitrogens with two attached hydrogens (primary N) is 1. The van der Waals surface area contributed by atoms with Crippen LogP contribution < -0.4 is 5.73 Å². The lowest BCUT2D eigenvalue weighted by Crippen LogP contribution is -1.92. The molecule has 2 heterocycles. The van der Waals surface area contributed by atoms with E-state index < -0.39 is 0 Å². The van der Waals surface area contributed by atoms with E-state index in [4.69, 9.17) is 5.73 Å². The minimum atomic E-state index is 0.506. The highest BCUT2D eigenvalue weighted by atomic mass is 32.1. The van der Waals surface area contributed by atoms with Gasteiger partial charge < -0.3 is 10.7 Å². The van der Waals surface area contributed by atoms with Crippen molar-refractivity contribution in [1.29, 1.82) is 0 Å². The number of fused-ring (bicyclic) bond motifs is 1. The fourth-order valence-corrected chi connectivity index (χ4v) is 1.58. The molecule has 0 spiro atoms. The Kier molecular flexibility index (Phi) is 2.91. The summed E-state index contributed by atoms with van der Waals surface area (Å²) in [5.41, 5.74) is 7.58. The maximum Gasteiger partial charge on any atom is 0.143 e. The van der Waals surface area contributed by atoms with E-state index in [1.165, 1.54) is 6.33 Å². The van der Waals surface area contributed by atoms with Crippen LogP contribution in [0.5, 0.6) is 0 Å². The molecule has 0 aliphatic rings. The van der Waals surface area contributed by atoms with Gasteiger partial charge in [-0.1, -0.05) is 12.2 Å². The molecule has 15 heavy (non-hydrogen) atoms. The van der Waals surface area contributed by atoms with Crippen molar-refractivity contribution in [2.75, 3.05) is 11.5 Å². The molecule has 0 saturated heterocycles. The average molecular weight is 220 g/mol. The van der Waals surface area contributed by atoms with E-state index in [0.29, 0.717) is 5.82 Å². The quantitative estimate of drug-likeness (QED) is 0.692. The van der Waals surface area contributed by atoms with Gasteiger partial charge in [-0.05, 0) is 12.2 Å². The van der Waals surface area contributed by atoms with E-state index >= 15 is 0 Å². The Morgan fingerprint density at radius 2 is 2.33 bits per heavy atom. The molecule has 4 nitrogen and oxygen atoms in total. The molecule has 0 fully saturated rings. The number of nitrogens with zero attached hydrogens (tertiary/aromatic N) is 2. The molecule has 78 valence electrons. The topological polar surface area (TPSA) is 67.6 Å². The van der Waals surface area contributed by atoms with E-state index in [1.54, 1.807) is 0 Å². The second kappa shape index (κ2) is 4.35. The average Bonchev–Trinajstić information content (AvgIpc) is 2.63. The number of hydrogen-bond acceptors (Lipinski definition) is 4. The molecular weight excluding hydrogens is 208 g/mol. The van der Waals surface area contributed by atoms with E-state index in [9.17, 15) is 0 Å². The number of aromatic amines is 1. The molecule has 3 N–H and O–H groups in total. The fraction of sp³-hybridized carbons (Fsp3) is 0.200. The molecule has 0 saturated carbocycles. The van der Waals surface area contributed by atoms with Crippen molar-refractivity contribution >= 4 is 35.6 Å². The number of anilines is 1. The monoisotopic (exact) mass is 220 g/mol. The molecule has 5 heteroatoms. The molecule has 0 aliphatic carbocycles. The van der Waals surface area contributed by atoms with Crippen molar-refractivity contribution in [2.45, 2.75) is 6.42 Å². The van der Waals surface area contributed by atoms with Gasteiger partial charge >= 0.3 is 0 Å². The highest BCUT2D eigenvalue weighted by Crippen LogP contribution is 2.21. The maximum atomic E-state index is 5.79. The van der Waals surface area contributed by atoms with Crippen molar-refractivity contribution in [1.82, 2.24) is 15.0 Å². The number of rotatable bonds is 3. The van der Waals surface area contributed by atoms with Crippen LogP contribution in [0.15, 0.2) is 18.6 Å². The Bertz CT molecular complexity index is 489. The van der Waals surface area contributed by atoms with Crippen molar-refractivity contribution < 1.29 is 0 Å². The first-order valence-corrected chi connectivity index (χ1v) is 5.31. The molecule has 0 bridgehead atoms. The van der Waals surface area contributed by atoms with E-state index in [-0.39, 0.29) is 0 Å². The number of nitrogen functional groups attached to an aromatic ring is 1. The summed E-state index contributed by atoms with van der Waals surface area (Å²) in [6.07, 6.45) is 8.33. The molecule has 0 radical (unpaired) electrons. The van der Waals surface area contributed by atoms with Crippen LogP contribution in [0.3, 0.4) is 0 Å². The van der Waals surface area contributed by atoms with Gasteiger partial charge in [0.05, 0.1) is 5.39 Å². The van der Waals surface area contributed by atoms with Crippen LogP contribution in [0.2, 0.25) is 0 Å². The number of nitrogens with one attached hydrogen (secondary N) is 1. The van der Waals surface area contributed by atoms with Gasteiger partial charge in [-0.15, -0.1) is 0 Å². The third kappa shape index (κ3) is 1.97. The summed E-state index contributed by atoms with van der Waals surface area (Å²) in [5.74, 6) is 1.34. The predicted octanol–water partition coefficient (Wildman–Crippen LogP) is 1.87. The van der Waals surface area contributed by atoms with Gasteiger partial charge in [0, 0.05) is 11.8 Å². The standard InChI is InChI=1S/C10H12N4S/c11-9-8-7(3-1-2-4-15)5-12-10(8)14-6-13-9/h1,3,5-6,15H,2,4H2,(H3,11,12,13,14). The summed E-state index contributed by atoms with van der Waals surface area (Å²) < 4.78 is 0. The van der Waals surface area contributed by atoms with Crippen LogP contribution in [0.25, 0.3) is 17.1 Å². The van der Waals surface area contributed by atoms with Gasteiger partial charge in [0.25, 0.3) is 0 Å². The van der Waals surface area contributed by atoms with Crippen molar-refractivity contribution in [3.05, 3.63) is 24.2 Å². The van der Waals surface area contributed by atoms with Gasteiger partial charge in [-0.2, -0.15) is 12.6 Å². The van der Waals surface area contributed by atoms with Crippen LogP contribution in [0.1, 0.15) is 12.0 Å². The Morgan fingerprint density at radius 1 is 1.47 bits per heavy atom. The van der Waals surface area contributed by atoms with Crippen LogP contribution in [-0.4, -0.2) is 20.7 Å². The highest BCUT2D eigenvalue weighted by molar-refractivity contribution is 7.80. The predicted molar refractivity (Wildman–Crippen MR) is 65.8 cm³/mol. The summed E-state index contributed by atoms with van der Waals surface area (Å²) in [7, 11) is 0. The Hall–Kier alpha value is -1.49. The fourth-order valence-electron chi connectivity index (χ4n) is 1.43. The smallest absolute Gasteiger partial charge is 0.143 e. The minimum absolute atomic E-state index is 0.506. The number of hydrogen-bond donors (Lipinski definition) is 3. The molecule has 0 aromatic carbocycles. The molecule has 0 amide bonds. The van der Waals surface area contributed by atoms with Crippen LogP contribution in [0, 0.1) is 0 Å². The van der Waals surface area contributed by atoms with Gasteiger partial charge in [-0.3, -0.25) is 0 Å². The largest absolute Gasteiger partial charge is 0.383 e. The second-order valence-electron chi connectivity index (χ2n) is 3.14. The second-order valence-corrected chi connectivity index (χ2v) is 3.59. The maximum absolute atomic E-state index is 5.79. The molecule has 2 aromatic rings. The summed E-state index contributed by atoms with van der Waals surface area (Å²) in [6, 6.07) is 0. The minimum Gasteiger partial charge on any atom is -0.383 e. The summed E-state index contributed by atoms with van der Waals surface area (Å²) in [4.78, 5) is 11.1. The van der Waals surface area contributed by atoms with E-state index in [2.05, 4.69) is 33.7 Å². The van der Waals surface area contributed by atoms with E-state index in [0.717, 1.165) is 28.8 Å². The van der Waals surface area contributed by atoms with Gasteiger partial charge in [0.2, 0.25) is 0 Å². The van der Waals surface area contributed by atoms with Gasteiger partial charge in [0.1, 0.15) is 17.8 Å². The Labute approximate surface area is 93.0 Å². The molecular formula is C10H12N4S. The number of aromatic nitrogens is 3. The third-order valence-electron chi connectivity index (χ3n) is 2.12. The van der Waals surface area contributed by atoms with Crippen molar-refractivity contribution in [3.8, 4) is 0 Å². The van der Waals surface area contributed by atoms with E-state index in [1.807, 2.05) is 12.3 Å². The molecule has 2 rings (SSSR count). The molecule has 0 unspecified atom stereocenters. The first kappa shape index (κ1) is 10.0. The zero-order valence-corrected chi connectivity index (χ0v) is 9.04. The first-order chi connectivity index (χ1) is 7.33.